The molecule has 0 aromatic heterocycles. The quantitative estimate of drug-likeness (QED) is 0.543. The number of hydrogen-bond donors (Lipinski definition) is 0. The van der Waals surface area contributed by atoms with Crippen molar-refractivity contribution in [2.45, 2.75) is 6.54 Å². The molecule has 1 aliphatic rings. The molecule has 1 aromatic rings. The Morgan fingerprint density at radius 2 is 2.45 bits per heavy atom. The third kappa shape index (κ3) is 0.908. The van der Waals surface area contributed by atoms with Crippen molar-refractivity contribution in [2.75, 3.05) is 0 Å². The van der Waals surface area contributed by atoms with Gasteiger partial charge in [-0.15, -0.1) is 0 Å². The van der Waals surface area contributed by atoms with Crippen LogP contribution in [0.15, 0.2) is 23.2 Å². The molecule has 2 rings (SSSR count). The smallest absolute Gasteiger partial charge is 0.288 e. The minimum Gasteiger partial charge on any atom is -0.288 e. The molecule has 0 saturated carbocycles. The summed E-state index contributed by atoms with van der Waals surface area (Å²) in [5.74, 6) is 0. The summed E-state index contributed by atoms with van der Waals surface area (Å²) in [6, 6.07) is 7.75. The number of fused-ring (bicyclic) bond motifs is 1. The Morgan fingerprint density at radius 1 is 1.55 bits per heavy atom. The SMILES string of the molecule is N#Cc1ccc2c(c1)C=NC2.[H+]. The molecule has 1 aliphatic heterocycles. The predicted octanol–water partition coefficient (Wildman–Crippen LogP) is 1.60. The van der Waals surface area contributed by atoms with Crippen LogP contribution in [0.5, 0.6) is 0 Å². The zero-order valence-electron chi connectivity index (χ0n) is 6.91. The highest BCUT2D eigenvalue weighted by atomic mass is 14.7. The van der Waals surface area contributed by atoms with E-state index in [-0.39, 0.29) is 1.43 Å². The summed E-state index contributed by atoms with van der Waals surface area (Å²) < 4.78 is 0. The topological polar surface area (TPSA) is 36.1 Å². The van der Waals surface area contributed by atoms with Crippen molar-refractivity contribution in [3.63, 3.8) is 0 Å². The molecule has 0 bridgehead atoms. The third-order valence-electron chi connectivity index (χ3n) is 1.77. The molecular formula is C9H7N2+. The number of nitriles is 1. The van der Waals surface area contributed by atoms with Gasteiger partial charge < -0.3 is 0 Å². The van der Waals surface area contributed by atoms with Gasteiger partial charge in [0.2, 0.25) is 0 Å². The van der Waals surface area contributed by atoms with Gasteiger partial charge in [0.15, 0.2) is 0 Å². The number of benzene rings is 1. The fourth-order valence-corrected chi connectivity index (χ4v) is 1.17. The molecular weight excluding hydrogens is 136 g/mol. The van der Waals surface area contributed by atoms with Gasteiger partial charge >= 0.3 is 1.43 Å². The van der Waals surface area contributed by atoms with Gasteiger partial charge in [-0.25, -0.2) is 0 Å². The van der Waals surface area contributed by atoms with E-state index in [9.17, 15) is 0 Å². The minimum absolute atomic E-state index is 0. The summed E-state index contributed by atoms with van der Waals surface area (Å²) in [6.07, 6.45) is 1.82. The molecule has 0 N–H and O–H groups in total. The van der Waals surface area contributed by atoms with Crippen molar-refractivity contribution in [1.82, 2.24) is 0 Å². The van der Waals surface area contributed by atoms with E-state index < -0.39 is 0 Å². The molecule has 52 valence electrons. The summed E-state index contributed by atoms with van der Waals surface area (Å²) in [5.41, 5.74) is 3.00. The Morgan fingerprint density at radius 3 is 3.27 bits per heavy atom. The van der Waals surface area contributed by atoms with Gasteiger partial charge in [0, 0.05) is 6.21 Å². The van der Waals surface area contributed by atoms with Gasteiger partial charge in [0.1, 0.15) is 0 Å². The van der Waals surface area contributed by atoms with Crippen LogP contribution in [0.4, 0.5) is 0 Å². The molecule has 2 heteroatoms. The number of nitrogens with zero attached hydrogens (tertiary/aromatic N) is 2. The monoisotopic (exact) mass is 143 g/mol. The Kier molecular flexibility index (Phi) is 1.23. The molecule has 0 unspecified atom stereocenters. The summed E-state index contributed by atoms with van der Waals surface area (Å²) in [5, 5.41) is 8.57. The highest BCUT2D eigenvalue weighted by molar-refractivity contribution is 5.84. The van der Waals surface area contributed by atoms with Crippen LogP contribution in [0.1, 0.15) is 18.1 Å². The molecule has 11 heavy (non-hydrogen) atoms. The Labute approximate surface area is 66.3 Å². The Bertz CT molecular complexity index is 363. The first-order valence-electron chi connectivity index (χ1n) is 3.43. The van der Waals surface area contributed by atoms with Crippen LogP contribution >= 0.6 is 0 Å². The van der Waals surface area contributed by atoms with E-state index in [1.807, 2.05) is 24.4 Å². The lowest BCUT2D eigenvalue weighted by Gasteiger charge is -1.94. The summed E-state index contributed by atoms with van der Waals surface area (Å²) in [6.45, 7) is 0.765. The van der Waals surface area contributed by atoms with Crippen LogP contribution in [0.25, 0.3) is 0 Å². The lowest BCUT2D eigenvalue weighted by molar-refractivity contribution is 1.11. The van der Waals surface area contributed by atoms with Crippen LogP contribution in [0.2, 0.25) is 0 Å². The summed E-state index contributed by atoms with van der Waals surface area (Å²) >= 11 is 0. The van der Waals surface area contributed by atoms with Gasteiger partial charge in [-0.2, -0.15) is 5.26 Å². The average Bonchev–Trinajstić information content (AvgIpc) is 2.50. The highest BCUT2D eigenvalue weighted by Crippen LogP contribution is 2.15. The number of aliphatic imine (C=N–C) groups is 1. The van der Waals surface area contributed by atoms with Crippen LogP contribution in [-0.4, -0.2) is 6.21 Å². The molecule has 0 aliphatic carbocycles. The molecule has 1 heterocycles. The van der Waals surface area contributed by atoms with Gasteiger partial charge in [0.05, 0.1) is 18.2 Å². The molecule has 0 atom stereocenters. The van der Waals surface area contributed by atoms with Gasteiger partial charge in [-0.3, -0.25) is 4.99 Å². The van der Waals surface area contributed by atoms with Crippen LogP contribution < -0.4 is 0 Å². The Balaban J connectivity index is 0.000000720. The third-order valence-corrected chi connectivity index (χ3v) is 1.77. The normalized spacial score (nSPS) is 12.6. The second kappa shape index (κ2) is 2.21. The standard InChI is InChI=1S/C9H6N2/c10-4-7-1-2-8-5-11-6-9(8)3-7/h1-3,6H,5H2/p+1. The van der Waals surface area contributed by atoms with Crippen molar-refractivity contribution in [3.05, 3.63) is 34.9 Å². The van der Waals surface area contributed by atoms with E-state index >= 15 is 0 Å². The van der Waals surface area contributed by atoms with E-state index in [0.29, 0.717) is 5.56 Å². The molecule has 0 radical (unpaired) electrons. The van der Waals surface area contributed by atoms with E-state index in [0.717, 1.165) is 12.1 Å². The Hall–Kier alpha value is -1.62. The lowest BCUT2D eigenvalue weighted by atomic mass is 10.1. The van der Waals surface area contributed by atoms with Crippen molar-refractivity contribution in [3.8, 4) is 6.07 Å². The maximum atomic E-state index is 8.57. The van der Waals surface area contributed by atoms with Crippen LogP contribution in [-0.2, 0) is 6.54 Å². The largest absolute Gasteiger partial charge is 1.00 e. The van der Waals surface area contributed by atoms with Gasteiger partial charge in [-0.1, -0.05) is 6.07 Å². The summed E-state index contributed by atoms with van der Waals surface area (Å²) in [4.78, 5) is 4.09. The highest BCUT2D eigenvalue weighted by Gasteiger charge is 2.05. The second-order valence-electron chi connectivity index (χ2n) is 2.50. The molecule has 1 aromatic carbocycles. The number of hydrogen-bond acceptors (Lipinski definition) is 2. The molecule has 0 fully saturated rings. The minimum atomic E-state index is 0. The van der Waals surface area contributed by atoms with E-state index in [1.165, 1.54) is 5.56 Å². The van der Waals surface area contributed by atoms with E-state index in [1.54, 1.807) is 0 Å². The maximum absolute atomic E-state index is 8.57. The fourth-order valence-electron chi connectivity index (χ4n) is 1.17. The van der Waals surface area contributed by atoms with Crippen molar-refractivity contribution in [2.24, 2.45) is 4.99 Å². The van der Waals surface area contributed by atoms with Crippen molar-refractivity contribution in [1.29, 1.82) is 5.26 Å². The second-order valence-corrected chi connectivity index (χ2v) is 2.50. The van der Waals surface area contributed by atoms with E-state index in [2.05, 4.69) is 11.1 Å². The maximum Gasteiger partial charge on any atom is 1.00 e. The van der Waals surface area contributed by atoms with Crippen LogP contribution in [0, 0.1) is 11.3 Å². The summed E-state index contributed by atoms with van der Waals surface area (Å²) in [7, 11) is 0. The van der Waals surface area contributed by atoms with Gasteiger partial charge in [-0.05, 0) is 23.3 Å². The van der Waals surface area contributed by atoms with Crippen molar-refractivity contribution >= 4 is 6.21 Å². The zero-order chi connectivity index (χ0) is 7.68. The van der Waals surface area contributed by atoms with Gasteiger partial charge in [0.25, 0.3) is 0 Å². The predicted molar refractivity (Wildman–Crippen MR) is 43.6 cm³/mol. The average molecular weight is 143 g/mol. The first-order chi connectivity index (χ1) is 5.40. The van der Waals surface area contributed by atoms with E-state index in [4.69, 9.17) is 5.26 Å². The zero-order valence-corrected chi connectivity index (χ0v) is 5.91. The molecule has 0 spiro atoms. The first-order valence-corrected chi connectivity index (χ1v) is 3.43. The molecule has 2 nitrogen and oxygen atoms in total. The molecule has 0 amide bonds. The fraction of sp³-hybridized carbons (Fsp3) is 0.111. The first kappa shape index (κ1) is 6.11. The van der Waals surface area contributed by atoms with Crippen molar-refractivity contribution < 1.29 is 1.43 Å². The number of rotatable bonds is 0. The molecule has 0 saturated heterocycles. The lowest BCUT2D eigenvalue weighted by Crippen LogP contribution is -1.84. The van der Waals surface area contributed by atoms with Crippen LogP contribution in [0.3, 0.4) is 0 Å².